The molecule has 1 aliphatic carbocycles. The maximum absolute atomic E-state index is 13.0. The maximum Gasteiger partial charge on any atom is 0.241 e. The largest absolute Gasteiger partial charge is 0.284 e. The van der Waals surface area contributed by atoms with Gasteiger partial charge >= 0.3 is 0 Å². The molecule has 2 aromatic carbocycles. The van der Waals surface area contributed by atoms with Gasteiger partial charge in [-0.3, -0.25) is 14.5 Å². The van der Waals surface area contributed by atoms with Crippen molar-refractivity contribution >= 4 is 11.8 Å². The predicted molar refractivity (Wildman–Crippen MR) is 83.2 cm³/mol. The molecule has 22 heavy (non-hydrogen) atoms. The smallest absolute Gasteiger partial charge is 0.241 e. The van der Waals surface area contributed by atoms with E-state index in [4.69, 9.17) is 0 Å². The molecule has 0 spiro atoms. The first-order valence-corrected chi connectivity index (χ1v) is 7.49. The van der Waals surface area contributed by atoms with E-state index in [0.29, 0.717) is 0 Å². The van der Waals surface area contributed by atoms with Gasteiger partial charge in [0, 0.05) is 13.0 Å². The SMILES string of the molecule is CN1C(=O)[C@@]2(C)[C@@H](c3ccccc3)[C@@]2(c2ccccc2)C1=O. The molecule has 0 bridgehead atoms. The zero-order valence-electron chi connectivity index (χ0n) is 12.6. The number of hydrogen-bond acceptors (Lipinski definition) is 2. The van der Waals surface area contributed by atoms with Gasteiger partial charge in [-0.2, -0.15) is 0 Å². The first kappa shape index (κ1) is 13.3. The summed E-state index contributed by atoms with van der Waals surface area (Å²) < 4.78 is 0. The van der Waals surface area contributed by atoms with Crippen LogP contribution < -0.4 is 0 Å². The number of fused-ring (bicyclic) bond motifs is 1. The Morgan fingerprint density at radius 3 is 2.00 bits per heavy atom. The fraction of sp³-hybridized carbons (Fsp3) is 0.263. The van der Waals surface area contributed by atoms with Gasteiger partial charge in [-0.05, 0) is 18.1 Å². The second-order valence-corrected chi connectivity index (χ2v) is 6.39. The molecule has 0 aromatic heterocycles. The molecule has 1 heterocycles. The molecule has 2 amide bonds. The number of hydrogen-bond donors (Lipinski definition) is 0. The van der Waals surface area contributed by atoms with Crippen molar-refractivity contribution in [2.75, 3.05) is 7.05 Å². The summed E-state index contributed by atoms with van der Waals surface area (Å²) in [6, 6.07) is 19.6. The van der Waals surface area contributed by atoms with Crippen LogP contribution in [0.25, 0.3) is 0 Å². The van der Waals surface area contributed by atoms with Gasteiger partial charge in [-0.15, -0.1) is 0 Å². The number of piperidine rings is 1. The lowest BCUT2D eigenvalue weighted by molar-refractivity contribution is -0.141. The third-order valence-corrected chi connectivity index (χ3v) is 5.50. The molecule has 3 heteroatoms. The minimum atomic E-state index is -0.749. The van der Waals surface area contributed by atoms with E-state index in [1.807, 2.05) is 67.6 Å². The Bertz CT molecular complexity index is 771. The summed E-state index contributed by atoms with van der Waals surface area (Å²) >= 11 is 0. The minimum Gasteiger partial charge on any atom is -0.284 e. The number of amides is 2. The number of rotatable bonds is 2. The first-order valence-electron chi connectivity index (χ1n) is 7.49. The van der Waals surface area contributed by atoms with Gasteiger partial charge in [0.05, 0.1) is 10.8 Å². The van der Waals surface area contributed by atoms with E-state index < -0.39 is 10.8 Å². The van der Waals surface area contributed by atoms with Crippen LogP contribution in [0.4, 0.5) is 0 Å². The standard InChI is InChI=1S/C19H17NO2/c1-18-15(13-9-5-3-6-10-13)19(18,14-11-7-4-8-12-14)17(22)20(2)16(18)21/h3-12,15H,1-2H3/t15-,18-,19+/m1/s1. The van der Waals surface area contributed by atoms with Crippen molar-refractivity contribution in [2.45, 2.75) is 18.3 Å². The van der Waals surface area contributed by atoms with Gasteiger partial charge in [-0.1, -0.05) is 60.7 Å². The third kappa shape index (κ3) is 1.23. The van der Waals surface area contributed by atoms with E-state index in [-0.39, 0.29) is 17.7 Å². The van der Waals surface area contributed by atoms with Crippen LogP contribution in [0, 0.1) is 5.41 Å². The fourth-order valence-corrected chi connectivity index (χ4v) is 4.48. The maximum atomic E-state index is 13.0. The molecular weight excluding hydrogens is 274 g/mol. The number of benzene rings is 2. The molecule has 3 atom stereocenters. The highest BCUT2D eigenvalue weighted by Gasteiger charge is 2.87. The molecule has 110 valence electrons. The van der Waals surface area contributed by atoms with Gasteiger partial charge in [0.15, 0.2) is 0 Å². The summed E-state index contributed by atoms with van der Waals surface area (Å²) in [6.45, 7) is 1.93. The van der Waals surface area contributed by atoms with E-state index >= 15 is 0 Å². The summed E-state index contributed by atoms with van der Waals surface area (Å²) in [4.78, 5) is 27.0. The van der Waals surface area contributed by atoms with Gasteiger partial charge in [0.2, 0.25) is 11.8 Å². The van der Waals surface area contributed by atoms with E-state index in [0.717, 1.165) is 11.1 Å². The Hall–Kier alpha value is -2.42. The zero-order chi connectivity index (χ0) is 15.5. The van der Waals surface area contributed by atoms with Crippen molar-refractivity contribution in [2.24, 2.45) is 5.41 Å². The normalized spacial score (nSPS) is 33.0. The lowest BCUT2D eigenvalue weighted by Crippen LogP contribution is -2.35. The molecular formula is C19H17NO2. The van der Waals surface area contributed by atoms with Crippen LogP contribution in [-0.4, -0.2) is 23.8 Å². The Balaban J connectivity index is 1.96. The highest BCUT2D eigenvalue weighted by Crippen LogP contribution is 2.78. The van der Waals surface area contributed by atoms with Crippen LogP contribution in [0.3, 0.4) is 0 Å². The summed E-state index contributed by atoms with van der Waals surface area (Å²) in [6.07, 6.45) is 0. The monoisotopic (exact) mass is 291 g/mol. The summed E-state index contributed by atoms with van der Waals surface area (Å²) in [5, 5.41) is 0. The first-order chi connectivity index (χ1) is 10.6. The Kier molecular flexibility index (Phi) is 2.45. The van der Waals surface area contributed by atoms with Crippen LogP contribution >= 0.6 is 0 Å². The van der Waals surface area contributed by atoms with Gasteiger partial charge in [0.25, 0.3) is 0 Å². The van der Waals surface area contributed by atoms with Gasteiger partial charge in [-0.25, -0.2) is 0 Å². The summed E-state index contributed by atoms with van der Waals surface area (Å²) in [5.74, 6) is -0.241. The van der Waals surface area contributed by atoms with Crippen molar-refractivity contribution in [1.82, 2.24) is 4.90 Å². The molecule has 0 radical (unpaired) electrons. The molecule has 1 aliphatic heterocycles. The lowest BCUT2D eigenvalue weighted by Gasteiger charge is -2.19. The van der Waals surface area contributed by atoms with E-state index in [2.05, 4.69) is 0 Å². The average molecular weight is 291 g/mol. The molecule has 4 rings (SSSR count). The van der Waals surface area contributed by atoms with Crippen molar-refractivity contribution in [3.63, 3.8) is 0 Å². The average Bonchev–Trinajstić information content (AvgIpc) is 3.11. The number of likely N-dealkylation sites (N-methyl/N-ethyl adjacent to an activating group) is 1. The number of carbonyl (C=O) groups excluding carboxylic acids is 2. The Morgan fingerprint density at radius 2 is 1.41 bits per heavy atom. The molecule has 2 aliphatic rings. The van der Waals surface area contributed by atoms with Crippen LogP contribution in [0.15, 0.2) is 60.7 Å². The number of carbonyl (C=O) groups is 2. The molecule has 3 nitrogen and oxygen atoms in total. The Labute approximate surface area is 129 Å². The molecule has 2 aromatic rings. The van der Waals surface area contributed by atoms with Crippen molar-refractivity contribution in [3.05, 3.63) is 71.8 Å². The van der Waals surface area contributed by atoms with Gasteiger partial charge in [0.1, 0.15) is 0 Å². The lowest BCUT2D eigenvalue weighted by atomic mass is 9.88. The van der Waals surface area contributed by atoms with Crippen LogP contribution in [0.1, 0.15) is 24.0 Å². The fourth-order valence-electron chi connectivity index (χ4n) is 4.48. The molecule has 0 unspecified atom stereocenters. The molecule has 1 saturated carbocycles. The highest BCUT2D eigenvalue weighted by molar-refractivity contribution is 6.19. The second-order valence-electron chi connectivity index (χ2n) is 6.39. The third-order valence-electron chi connectivity index (χ3n) is 5.50. The van der Waals surface area contributed by atoms with E-state index in [9.17, 15) is 9.59 Å². The van der Waals surface area contributed by atoms with Crippen molar-refractivity contribution in [1.29, 1.82) is 0 Å². The zero-order valence-corrected chi connectivity index (χ0v) is 12.6. The van der Waals surface area contributed by atoms with Crippen molar-refractivity contribution < 1.29 is 9.59 Å². The second kappa shape index (κ2) is 4.07. The summed E-state index contributed by atoms with van der Waals surface area (Å²) in [5.41, 5.74) is 0.570. The molecule has 1 saturated heterocycles. The highest BCUT2D eigenvalue weighted by atomic mass is 16.2. The summed E-state index contributed by atoms with van der Waals surface area (Å²) in [7, 11) is 1.59. The quantitative estimate of drug-likeness (QED) is 0.798. The van der Waals surface area contributed by atoms with Gasteiger partial charge < -0.3 is 0 Å². The number of nitrogens with zero attached hydrogens (tertiary/aromatic N) is 1. The van der Waals surface area contributed by atoms with Crippen LogP contribution in [0.5, 0.6) is 0 Å². The Morgan fingerprint density at radius 1 is 0.864 bits per heavy atom. The van der Waals surface area contributed by atoms with E-state index in [1.54, 1.807) is 7.05 Å². The number of imide groups is 1. The molecule has 0 N–H and O–H groups in total. The van der Waals surface area contributed by atoms with Crippen LogP contribution in [0.2, 0.25) is 0 Å². The minimum absolute atomic E-state index is 0.0739. The van der Waals surface area contributed by atoms with E-state index in [1.165, 1.54) is 4.90 Å². The van der Waals surface area contributed by atoms with Crippen LogP contribution in [-0.2, 0) is 15.0 Å². The van der Waals surface area contributed by atoms with Crippen molar-refractivity contribution in [3.8, 4) is 0 Å². The topological polar surface area (TPSA) is 37.4 Å². The predicted octanol–water partition coefficient (Wildman–Crippen LogP) is 2.73. The number of likely N-dealkylation sites (tertiary alicyclic amines) is 1. The molecule has 2 fully saturated rings.